The van der Waals surface area contributed by atoms with Crippen LogP contribution in [0.15, 0.2) is 24.3 Å². The quantitative estimate of drug-likeness (QED) is 0.853. The van der Waals surface area contributed by atoms with Crippen LogP contribution in [0.4, 0.5) is 0 Å². The minimum Gasteiger partial charge on any atom is -0.352 e. The Labute approximate surface area is 114 Å². The monoisotopic (exact) mass is 262 g/mol. The summed E-state index contributed by atoms with van der Waals surface area (Å²) in [7, 11) is 0. The van der Waals surface area contributed by atoms with E-state index in [1.165, 1.54) is 6.92 Å². The van der Waals surface area contributed by atoms with Crippen LogP contribution in [0.5, 0.6) is 0 Å². The van der Waals surface area contributed by atoms with Crippen molar-refractivity contribution in [2.45, 2.75) is 40.3 Å². The first-order chi connectivity index (χ1) is 8.90. The van der Waals surface area contributed by atoms with E-state index in [1.807, 2.05) is 19.1 Å². The summed E-state index contributed by atoms with van der Waals surface area (Å²) in [5.41, 5.74) is 1.61. The van der Waals surface area contributed by atoms with Crippen LogP contribution in [-0.4, -0.2) is 17.9 Å². The molecule has 104 valence electrons. The van der Waals surface area contributed by atoms with Gasteiger partial charge in [0, 0.05) is 25.1 Å². The molecule has 19 heavy (non-hydrogen) atoms. The molecule has 0 aliphatic heterocycles. The van der Waals surface area contributed by atoms with Crippen LogP contribution < -0.4 is 10.6 Å². The minimum atomic E-state index is -0.0627. The molecule has 1 rings (SSSR count). The van der Waals surface area contributed by atoms with Gasteiger partial charge in [-0.3, -0.25) is 9.59 Å². The van der Waals surface area contributed by atoms with Crippen LogP contribution in [0.2, 0.25) is 0 Å². The van der Waals surface area contributed by atoms with Crippen LogP contribution in [0.1, 0.15) is 43.6 Å². The van der Waals surface area contributed by atoms with Crippen LogP contribution in [0.25, 0.3) is 0 Å². The Kier molecular flexibility index (Phi) is 5.55. The summed E-state index contributed by atoms with van der Waals surface area (Å²) in [5.74, 6) is 0.280. The lowest BCUT2D eigenvalue weighted by atomic mass is 10.1. The molecule has 0 saturated heterocycles. The third-order valence-electron chi connectivity index (χ3n) is 3.12. The van der Waals surface area contributed by atoms with Crippen LogP contribution >= 0.6 is 0 Å². The Bertz CT molecular complexity index is 438. The molecule has 0 aliphatic carbocycles. The highest BCUT2D eigenvalue weighted by atomic mass is 16.2. The van der Waals surface area contributed by atoms with Crippen molar-refractivity contribution in [3.05, 3.63) is 35.4 Å². The largest absolute Gasteiger partial charge is 0.352 e. The third kappa shape index (κ3) is 5.12. The van der Waals surface area contributed by atoms with Gasteiger partial charge in [0.05, 0.1) is 0 Å². The Morgan fingerprint density at radius 3 is 2.16 bits per heavy atom. The van der Waals surface area contributed by atoms with Gasteiger partial charge in [0.1, 0.15) is 0 Å². The topological polar surface area (TPSA) is 58.2 Å². The molecule has 0 aliphatic rings. The van der Waals surface area contributed by atoms with Crippen molar-refractivity contribution < 1.29 is 9.59 Å². The van der Waals surface area contributed by atoms with Crippen molar-refractivity contribution in [3.63, 3.8) is 0 Å². The molecule has 0 saturated carbocycles. The van der Waals surface area contributed by atoms with Crippen LogP contribution in [0.3, 0.4) is 0 Å². The van der Waals surface area contributed by atoms with Crippen molar-refractivity contribution >= 4 is 11.8 Å². The van der Waals surface area contributed by atoms with E-state index in [-0.39, 0.29) is 17.9 Å². The summed E-state index contributed by atoms with van der Waals surface area (Å²) in [6.07, 6.45) is 0. The summed E-state index contributed by atoms with van der Waals surface area (Å²) in [6, 6.07) is 7.40. The molecule has 1 atom stereocenters. The standard InChI is InChI=1S/C15H22N2O2/c1-10(2)11(3)17-15(19)14-7-5-13(6-8-14)9-16-12(4)18/h5-8,10-11H,9H2,1-4H3,(H,16,18)(H,17,19)/t11-/m0/s1. The highest BCUT2D eigenvalue weighted by Crippen LogP contribution is 2.06. The molecule has 0 spiro atoms. The van der Waals surface area contributed by atoms with Gasteiger partial charge in [-0.25, -0.2) is 0 Å². The second kappa shape index (κ2) is 6.92. The lowest BCUT2D eigenvalue weighted by Crippen LogP contribution is -2.36. The van der Waals surface area contributed by atoms with Gasteiger partial charge >= 0.3 is 0 Å². The number of benzene rings is 1. The van der Waals surface area contributed by atoms with Gasteiger partial charge in [-0.15, -0.1) is 0 Å². The van der Waals surface area contributed by atoms with Gasteiger partial charge < -0.3 is 10.6 Å². The molecule has 0 aromatic heterocycles. The van der Waals surface area contributed by atoms with E-state index in [0.717, 1.165) is 5.56 Å². The number of amides is 2. The Balaban J connectivity index is 2.60. The molecule has 1 aromatic carbocycles. The Hall–Kier alpha value is -1.84. The van der Waals surface area contributed by atoms with Gasteiger partial charge in [-0.1, -0.05) is 26.0 Å². The molecule has 2 amide bonds. The lowest BCUT2D eigenvalue weighted by molar-refractivity contribution is -0.119. The SMILES string of the molecule is CC(=O)NCc1ccc(C(=O)N[C@@H](C)C(C)C)cc1. The normalized spacial score (nSPS) is 12.1. The zero-order valence-electron chi connectivity index (χ0n) is 12.0. The zero-order valence-corrected chi connectivity index (χ0v) is 12.0. The van der Waals surface area contributed by atoms with Gasteiger partial charge in [-0.05, 0) is 30.5 Å². The zero-order chi connectivity index (χ0) is 14.4. The van der Waals surface area contributed by atoms with E-state index in [0.29, 0.717) is 18.0 Å². The van der Waals surface area contributed by atoms with Crippen molar-refractivity contribution in [3.8, 4) is 0 Å². The summed E-state index contributed by atoms with van der Waals surface area (Å²) in [4.78, 5) is 22.8. The number of rotatable bonds is 5. The second-order valence-corrected chi connectivity index (χ2v) is 5.11. The van der Waals surface area contributed by atoms with Crippen molar-refractivity contribution in [1.82, 2.24) is 10.6 Å². The highest BCUT2D eigenvalue weighted by molar-refractivity contribution is 5.94. The highest BCUT2D eigenvalue weighted by Gasteiger charge is 2.12. The van der Waals surface area contributed by atoms with E-state index in [1.54, 1.807) is 12.1 Å². The maximum atomic E-state index is 12.0. The molecule has 0 heterocycles. The van der Waals surface area contributed by atoms with Gasteiger partial charge in [0.25, 0.3) is 5.91 Å². The molecular weight excluding hydrogens is 240 g/mol. The van der Waals surface area contributed by atoms with Crippen LogP contribution in [-0.2, 0) is 11.3 Å². The van der Waals surface area contributed by atoms with Crippen molar-refractivity contribution in [2.75, 3.05) is 0 Å². The Morgan fingerprint density at radius 2 is 1.68 bits per heavy atom. The lowest BCUT2D eigenvalue weighted by Gasteiger charge is -2.17. The van der Waals surface area contributed by atoms with E-state index in [4.69, 9.17) is 0 Å². The first kappa shape index (κ1) is 15.2. The fraction of sp³-hybridized carbons (Fsp3) is 0.467. The number of carbonyl (C=O) groups excluding carboxylic acids is 2. The maximum Gasteiger partial charge on any atom is 0.251 e. The average molecular weight is 262 g/mol. The smallest absolute Gasteiger partial charge is 0.251 e. The van der Waals surface area contributed by atoms with Gasteiger partial charge in [-0.2, -0.15) is 0 Å². The van der Waals surface area contributed by atoms with Crippen molar-refractivity contribution in [1.29, 1.82) is 0 Å². The van der Waals surface area contributed by atoms with E-state index < -0.39 is 0 Å². The fourth-order valence-corrected chi connectivity index (χ4v) is 1.46. The van der Waals surface area contributed by atoms with Gasteiger partial charge in [0.15, 0.2) is 0 Å². The summed E-state index contributed by atoms with van der Waals surface area (Å²) in [5, 5.41) is 5.67. The molecule has 0 unspecified atom stereocenters. The molecule has 4 heteroatoms. The molecular formula is C15H22N2O2. The Morgan fingerprint density at radius 1 is 1.11 bits per heavy atom. The number of hydrogen-bond acceptors (Lipinski definition) is 2. The summed E-state index contributed by atoms with van der Waals surface area (Å²) in [6.45, 7) is 8.10. The molecule has 2 N–H and O–H groups in total. The first-order valence-corrected chi connectivity index (χ1v) is 6.54. The van der Waals surface area contributed by atoms with Gasteiger partial charge in [0.2, 0.25) is 5.91 Å². The molecule has 0 bridgehead atoms. The predicted molar refractivity (Wildman–Crippen MR) is 75.7 cm³/mol. The summed E-state index contributed by atoms with van der Waals surface area (Å²) < 4.78 is 0. The number of carbonyl (C=O) groups is 2. The average Bonchev–Trinajstić information content (AvgIpc) is 2.36. The third-order valence-corrected chi connectivity index (χ3v) is 3.12. The predicted octanol–water partition coefficient (Wildman–Crippen LogP) is 2.10. The van der Waals surface area contributed by atoms with E-state index in [9.17, 15) is 9.59 Å². The summed E-state index contributed by atoms with van der Waals surface area (Å²) >= 11 is 0. The van der Waals surface area contributed by atoms with Crippen molar-refractivity contribution in [2.24, 2.45) is 5.92 Å². The van der Waals surface area contributed by atoms with E-state index in [2.05, 4.69) is 24.5 Å². The number of nitrogens with one attached hydrogen (secondary N) is 2. The molecule has 1 aromatic rings. The fourth-order valence-electron chi connectivity index (χ4n) is 1.46. The van der Waals surface area contributed by atoms with E-state index >= 15 is 0 Å². The van der Waals surface area contributed by atoms with Crippen LogP contribution in [0, 0.1) is 5.92 Å². The second-order valence-electron chi connectivity index (χ2n) is 5.11. The number of hydrogen-bond donors (Lipinski definition) is 2. The first-order valence-electron chi connectivity index (χ1n) is 6.54. The minimum absolute atomic E-state index is 0.0624. The maximum absolute atomic E-state index is 12.0. The molecule has 4 nitrogen and oxygen atoms in total. The molecule has 0 radical (unpaired) electrons. The molecule has 0 fully saturated rings.